The summed E-state index contributed by atoms with van der Waals surface area (Å²) in [5, 5.41) is 1.66. The quantitative estimate of drug-likeness (QED) is 0.574. The number of halogens is 2. The monoisotopic (exact) mass is 370 g/mol. The maximum Gasteiger partial charge on any atom is 0.129 e. The fourth-order valence-electron chi connectivity index (χ4n) is 3.37. The van der Waals surface area contributed by atoms with E-state index in [0.717, 1.165) is 22.0 Å². The summed E-state index contributed by atoms with van der Waals surface area (Å²) in [4.78, 5) is 6.61. The van der Waals surface area contributed by atoms with E-state index in [9.17, 15) is 0 Å². The second kappa shape index (κ2) is 5.83. The minimum absolute atomic E-state index is 0.279. The lowest BCUT2D eigenvalue weighted by Gasteiger charge is -2.34. The smallest absolute Gasteiger partial charge is 0.129 e. The third kappa shape index (κ3) is 2.58. The van der Waals surface area contributed by atoms with Crippen molar-refractivity contribution in [1.29, 1.82) is 0 Å². The van der Waals surface area contributed by atoms with Gasteiger partial charge in [0.2, 0.25) is 0 Å². The highest BCUT2D eigenvalue weighted by Crippen LogP contribution is 2.51. The van der Waals surface area contributed by atoms with Crippen molar-refractivity contribution in [1.82, 2.24) is 9.97 Å². The zero-order valence-corrected chi connectivity index (χ0v) is 14.7. The maximum absolute atomic E-state index is 7.17. The molecule has 2 unspecified atom stereocenters. The molecule has 4 rings (SSSR count). The van der Waals surface area contributed by atoms with Crippen molar-refractivity contribution in [2.45, 2.75) is 10.8 Å². The number of nitrogens with zero attached hydrogens (tertiary/aromatic N) is 1. The van der Waals surface area contributed by atoms with Crippen LogP contribution in [0.4, 0.5) is 11.6 Å². The van der Waals surface area contributed by atoms with Crippen molar-refractivity contribution >= 4 is 45.7 Å². The van der Waals surface area contributed by atoms with E-state index in [0.29, 0.717) is 16.7 Å². The number of aromatic nitrogens is 2. The first-order valence-corrected chi connectivity index (χ1v) is 8.58. The molecule has 0 radical (unpaired) electrons. The number of nitrogen functional groups attached to an aromatic ring is 2. The van der Waals surface area contributed by atoms with Crippen molar-refractivity contribution in [3.63, 3.8) is 0 Å². The minimum Gasteiger partial charge on any atom is -0.384 e. The molecule has 0 spiro atoms. The van der Waals surface area contributed by atoms with Gasteiger partial charge in [-0.3, -0.25) is 0 Å². The van der Waals surface area contributed by atoms with Gasteiger partial charge in [-0.2, -0.15) is 0 Å². The van der Waals surface area contributed by atoms with Crippen molar-refractivity contribution in [3.8, 4) is 0 Å². The van der Waals surface area contributed by atoms with Crippen LogP contribution in [-0.2, 0) is 4.87 Å². The molecule has 2 heterocycles. The number of nitrogens with two attached hydrogens (primary N) is 2. The van der Waals surface area contributed by atoms with Gasteiger partial charge in [0.1, 0.15) is 16.5 Å². The SMILES string of the molecule is Nc1ccc(C2C=C(Cl)C=CC2(Cl)c2c[nH]c3ccccc23)c(N)n1. The number of allylic oxidation sites excluding steroid dienone is 4. The summed E-state index contributed by atoms with van der Waals surface area (Å²) in [6, 6.07) is 11.6. The summed E-state index contributed by atoms with van der Waals surface area (Å²) in [6.07, 6.45) is 7.56. The highest BCUT2D eigenvalue weighted by atomic mass is 35.5. The van der Waals surface area contributed by atoms with Crippen molar-refractivity contribution in [3.05, 3.63) is 77.0 Å². The van der Waals surface area contributed by atoms with E-state index in [-0.39, 0.29) is 5.92 Å². The Morgan fingerprint density at radius 3 is 2.72 bits per heavy atom. The molecule has 1 aliphatic rings. The van der Waals surface area contributed by atoms with Gasteiger partial charge in [-0.1, -0.05) is 48.0 Å². The summed E-state index contributed by atoms with van der Waals surface area (Å²) < 4.78 is 0. The number of hydrogen-bond donors (Lipinski definition) is 3. The van der Waals surface area contributed by atoms with Crippen LogP contribution < -0.4 is 11.5 Å². The molecular formula is C19H16Cl2N4. The van der Waals surface area contributed by atoms with Gasteiger partial charge in [-0.15, -0.1) is 11.6 Å². The average Bonchev–Trinajstić information content (AvgIpc) is 3.02. The molecule has 0 saturated heterocycles. The fourth-order valence-corrected chi connectivity index (χ4v) is 3.96. The first-order chi connectivity index (χ1) is 12.0. The number of pyridine rings is 1. The van der Waals surface area contributed by atoms with E-state index in [2.05, 4.69) is 9.97 Å². The molecular weight excluding hydrogens is 355 g/mol. The first kappa shape index (κ1) is 16.1. The Labute approximate surface area is 155 Å². The van der Waals surface area contributed by atoms with Gasteiger partial charge in [0.05, 0.1) is 0 Å². The van der Waals surface area contributed by atoms with Crippen LogP contribution in [0.2, 0.25) is 0 Å². The molecule has 1 aromatic carbocycles. The fraction of sp³-hybridized carbons (Fsp3) is 0.105. The molecule has 2 aromatic heterocycles. The van der Waals surface area contributed by atoms with Gasteiger partial charge in [0, 0.05) is 39.2 Å². The normalized spacial score (nSPS) is 23.0. The number of nitrogens with one attached hydrogen (secondary N) is 1. The average molecular weight is 371 g/mol. The van der Waals surface area contributed by atoms with Crippen LogP contribution in [-0.4, -0.2) is 9.97 Å². The maximum atomic E-state index is 7.17. The van der Waals surface area contributed by atoms with Gasteiger partial charge in [-0.25, -0.2) is 4.98 Å². The Morgan fingerprint density at radius 1 is 1.12 bits per heavy atom. The van der Waals surface area contributed by atoms with Gasteiger partial charge in [-0.05, 0) is 18.2 Å². The predicted octanol–water partition coefficient (Wildman–Crippen LogP) is 4.64. The Bertz CT molecular complexity index is 1020. The molecule has 0 aliphatic heterocycles. The largest absolute Gasteiger partial charge is 0.384 e. The molecule has 2 atom stereocenters. The Kier molecular flexibility index (Phi) is 3.74. The summed E-state index contributed by atoms with van der Waals surface area (Å²) in [5.74, 6) is 0.444. The number of hydrogen-bond acceptors (Lipinski definition) is 3. The van der Waals surface area contributed by atoms with E-state index in [1.807, 2.05) is 54.8 Å². The van der Waals surface area contributed by atoms with E-state index in [4.69, 9.17) is 34.7 Å². The van der Waals surface area contributed by atoms with E-state index in [1.54, 1.807) is 6.07 Å². The van der Waals surface area contributed by atoms with E-state index < -0.39 is 4.87 Å². The highest BCUT2D eigenvalue weighted by molar-refractivity contribution is 6.32. The number of aromatic amines is 1. The number of alkyl halides is 1. The van der Waals surface area contributed by atoms with Gasteiger partial charge in [0.25, 0.3) is 0 Å². The molecule has 3 aromatic rings. The molecule has 0 fully saturated rings. The Morgan fingerprint density at radius 2 is 1.92 bits per heavy atom. The lowest BCUT2D eigenvalue weighted by atomic mass is 9.78. The third-order valence-electron chi connectivity index (χ3n) is 4.58. The zero-order valence-electron chi connectivity index (χ0n) is 13.2. The van der Waals surface area contributed by atoms with Crippen molar-refractivity contribution in [2.75, 3.05) is 11.5 Å². The molecule has 0 amide bonds. The molecule has 0 bridgehead atoms. The summed E-state index contributed by atoms with van der Waals surface area (Å²) >= 11 is 13.4. The van der Waals surface area contributed by atoms with Gasteiger partial charge < -0.3 is 16.5 Å². The molecule has 6 heteroatoms. The first-order valence-electron chi connectivity index (χ1n) is 7.83. The lowest BCUT2D eigenvalue weighted by Crippen LogP contribution is -2.27. The highest BCUT2D eigenvalue weighted by Gasteiger charge is 2.41. The molecule has 0 saturated carbocycles. The van der Waals surface area contributed by atoms with Crippen LogP contribution in [0.3, 0.4) is 0 Å². The van der Waals surface area contributed by atoms with Crippen LogP contribution in [0.15, 0.2) is 65.9 Å². The number of H-pyrrole nitrogens is 1. The zero-order chi connectivity index (χ0) is 17.6. The molecule has 25 heavy (non-hydrogen) atoms. The lowest BCUT2D eigenvalue weighted by molar-refractivity contribution is 0.660. The van der Waals surface area contributed by atoms with Gasteiger partial charge >= 0.3 is 0 Å². The van der Waals surface area contributed by atoms with Gasteiger partial charge in [0.15, 0.2) is 0 Å². The summed E-state index contributed by atoms with van der Waals surface area (Å²) in [5.41, 5.74) is 14.6. The van der Waals surface area contributed by atoms with Crippen LogP contribution in [0.5, 0.6) is 0 Å². The van der Waals surface area contributed by atoms with E-state index >= 15 is 0 Å². The predicted molar refractivity (Wildman–Crippen MR) is 105 cm³/mol. The molecule has 1 aliphatic carbocycles. The van der Waals surface area contributed by atoms with E-state index in [1.165, 1.54) is 0 Å². The summed E-state index contributed by atoms with van der Waals surface area (Å²) in [6.45, 7) is 0. The van der Waals surface area contributed by atoms with Crippen LogP contribution in [0.1, 0.15) is 17.0 Å². The molecule has 126 valence electrons. The number of fused-ring (bicyclic) bond motifs is 1. The summed E-state index contributed by atoms with van der Waals surface area (Å²) in [7, 11) is 0. The van der Waals surface area contributed by atoms with Crippen molar-refractivity contribution in [2.24, 2.45) is 0 Å². The Hall–Kier alpha value is -2.43. The van der Waals surface area contributed by atoms with Crippen LogP contribution >= 0.6 is 23.2 Å². The number of benzene rings is 1. The second-order valence-corrected chi connectivity index (χ2v) is 7.15. The molecule has 5 N–H and O–H groups in total. The minimum atomic E-state index is -0.843. The van der Waals surface area contributed by atoms with Crippen LogP contribution in [0, 0.1) is 0 Å². The second-order valence-electron chi connectivity index (χ2n) is 6.09. The molecule has 4 nitrogen and oxygen atoms in total. The Balaban J connectivity index is 1.93. The standard InChI is InChI=1S/C19H16Cl2N4/c20-11-7-8-19(21,15-10-24-16-4-2-1-3-12(15)16)14(9-11)13-5-6-17(22)25-18(13)23/h1-10,14,24H,(H4,22,23,25). The third-order valence-corrected chi connectivity index (χ3v) is 5.40. The number of anilines is 2. The number of rotatable bonds is 2. The van der Waals surface area contributed by atoms with Crippen molar-refractivity contribution < 1.29 is 0 Å². The van der Waals surface area contributed by atoms with Crippen LogP contribution in [0.25, 0.3) is 10.9 Å². The number of para-hydroxylation sites is 1. The topological polar surface area (TPSA) is 80.7 Å².